The van der Waals surface area contributed by atoms with E-state index in [-0.39, 0.29) is 17.6 Å². The molecule has 1 aliphatic carbocycles. The van der Waals surface area contributed by atoms with Crippen LogP contribution in [0.5, 0.6) is 11.6 Å². The summed E-state index contributed by atoms with van der Waals surface area (Å²) >= 11 is 0. The zero-order valence-electron chi connectivity index (χ0n) is 23.9. The lowest BCUT2D eigenvalue weighted by atomic mass is 9.92. The average Bonchev–Trinajstić information content (AvgIpc) is 2.93. The summed E-state index contributed by atoms with van der Waals surface area (Å²) in [6.45, 7) is 3.00. The van der Waals surface area contributed by atoms with E-state index in [1.807, 2.05) is 12.1 Å². The summed E-state index contributed by atoms with van der Waals surface area (Å²) < 4.78 is 78.3. The van der Waals surface area contributed by atoms with Crippen LogP contribution in [0.25, 0.3) is 0 Å². The first kappa shape index (κ1) is 31.7. The molecular weight excluding hydrogens is 579 g/mol. The fraction of sp³-hybridized carbons (Fsp3) is 0.577. The number of benzene rings is 1. The van der Waals surface area contributed by atoms with Gasteiger partial charge in [-0.15, -0.1) is 0 Å². The Morgan fingerprint density at radius 3 is 2.48 bits per heavy atom. The second kappa shape index (κ2) is 13.0. The Balaban J connectivity index is 1.56. The van der Waals surface area contributed by atoms with Crippen LogP contribution < -0.4 is 20.2 Å². The van der Waals surface area contributed by atoms with Gasteiger partial charge in [0.15, 0.2) is 0 Å². The number of amides is 1. The number of hydrazine groups is 1. The molecule has 0 bridgehead atoms. The highest BCUT2D eigenvalue weighted by Gasteiger charge is 2.40. The highest BCUT2D eigenvalue weighted by Crippen LogP contribution is 2.38. The number of halogens is 3. The van der Waals surface area contributed by atoms with E-state index in [1.165, 1.54) is 26.3 Å². The van der Waals surface area contributed by atoms with Crippen molar-refractivity contribution in [2.75, 3.05) is 59.0 Å². The van der Waals surface area contributed by atoms with Gasteiger partial charge in [0.05, 0.1) is 25.1 Å². The number of methoxy groups -OCH3 is 1. The number of rotatable bonds is 9. The lowest BCUT2D eigenvalue weighted by Gasteiger charge is -2.36. The summed E-state index contributed by atoms with van der Waals surface area (Å²) in [4.78, 5) is 22.8. The number of carbonyl (C=O) groups excluding carboxylic acids is 1. The van der Waals surface area contributed by atoms with Gasteiger partial charge in [-0.25, -0.2) is 18.4 Å². The highest BCUT2D eigenvalue weighted by molar-refractivity contribution is 7.88. The number of aromatic nitrogens is 2. The number of nitrogens with zero attached hydrogens (tertiary/aromatic N) is 5. The molecule has 16 heteroatoms. The van der Waals surface area contributed by atoms with Crippen molar-refractivity contribution in [2.24, 2.45) is 0 Å². The molecule has 2 aromatic rings. The molecule has 2 N–H and O–H groups in total. The van der Waals surface area contributed by atoms with Gasteiger partial charge in [0.25, 0.3) is 5.91 Å². The first-order valence-electron chi connectivity index (χ1n) is 13.5. The molecule has 2 fully saturated rings. The lowest BCUT2D eigenvalue weighted by Crippen LogP contribution is -2.52. The largest absolute Gasteiger partial charge is 0.495 e. The predicted molar refractivity (Wildman–Crippen MR) is 149 cm³/mol. The fourth-order valence-electron chi connectivity index (χ4n) is 4.91. The number of piperazine rings is 1. The van der Waals surface area contributed by atoms with Crippen molar-refractivity contribution in [3.63, 3.8) is 0 Å². The Morgan fingerprint density at radius 2 is 1.83 bits per heavy atom. The molecule has 0 spiro atoms. The van der Waals surface area contributed by atoms with Gasteiger partial charge in [0, 0.05) is 45.0 Å². The Hall–Kier alpha value is -3.21. The Bertz CT molecular complexity index is 1370. The topological polar surface area (TPSA) is 129 Å². The smallest absolute Gasteiger partial charge is 0.423 e. The SMILES string of the molecule is COc1cc(C(=O)NN2CCN(C)CC2)ccc1Nc1ncc(C(F)(F)F)c(O[C@@H]2CCCC[C@H]2N(C)S(C)(=O)=O)n1. The standard InChI is InChI=1S/C26H36F3N7O5S/c1-34-11-13-36(14-12-34)33-23(37)17-9-10-19(22(15-17)40-3)31-25-30-16-18(26(27,28)29)24(32-25)41-21-8-6-5-7-20(21)35(2)42(4,38)39/h9-10,15-16,20-21H,5-8,11-14H2,1-4H3,(H,33,37)(H,30,31,32)/t20-,21-/m1/s1. The van der Waals surface area contributed by atoms with Crippen LogP contribution in [-0.4, -0.2) is 104 Å². The number of hydrogen-bond donors (Lipinski definition) is 2. The van der Waals surface area contributed by atoms with Crippen molar-refractivity contribution in [3.05, 3.63) is 35.5 Å². The van der Waals surface area contributed by atoms with Crippen molar-refractivity contribution in [2.45, 2.75) is 44.0 Å². The van der Waals surface area contributed by atoms with E-state index in [1.54, 1.807) is 6.07 Å². The minimum atomic E-state index is -4.81. The Morgan fingerprint density at radius 1 is 1.14 bits per heavy atom. The summed E-state index contributed by atoms with van der Waals surface area (Å²) in [6.07, 6.45) is -1.79. The minimum absolute atomic E-state index is 0.199. The molecule has 0 radical (unpaired) electrons. The van der Waals surface area contributed by atoms with Crippen LogP contribution in [0.2, 0.25) is 0 Å². The molecular formula is C26H36F3N7O5S. The number of sulfonamides is 1. The molecule has 2 atom stereocenters. The average molecular weight is 616 g/mol. The van der Waals surface area contributed by atoms with Crippen LogP contribution in [-0.2, 0) is 16.2 Å². The van der Waals surface area contributed by atoms with Crippen molar-refractivity contribution >= 4 is 27.6 Å². The van der Waals surface area contributed by atoms with Gasteiger partial charge < -0.3 is 19.7 Å². The summed E-state index contributed by atoms with van der Waals surface area (Å²) in [5.74, 6) is -0.989. The highest BCUT2D eigenvalue weighted by atomic mass is 32.2. The quantitative estimate of drug-likeness (QED) is 0.435. The molecule has 1 saturated carbocycles. The van der Waals surface area contributed by atoms with Crippen LogP contribution in [0.4, 0.5) is 24.8 Å². The van der Waals surface area contributed by atoms with E-state index in [4.69, 9.17) is 9.47 Å². The van der Waals surface area contributed by atoms with Gasteiger partial charge in [-0.2, -0.15) is 22.5 Å². The number of carbonyl (C=O) groups is 1. The third-order valence-corrected chi connectivity index (χ3v) is 8.77. The van der Waals surface area contributed by atoms with E-state index in [0.717, 1.165) is 30.1 Å². The molecule has 1 aromatic carbocycles. The van der Waals surface area contributed by atoms with Gasteiger partial charge in [-0.1, -0.05) is 6.42 Å². The molecule has 232 valence electrons. The van der Waals surface area contributed by atoms with E-state index < -0.39 is 39.8 Å². The lowest BCUT2D eigenvalue weighted by molar-refractivity contribution is -0.140. The number of likely N-dealkylation sites (N-methyl/N-ethyl adjacent to an activating group) is 2. The molecule has 12 nitrogen and oxygen atoms in total. The third kappa shape index (κ3) is 7.79. The number of hydrogen-bond acceptors (Lipinski definition) is 10. The molecule has 2 aliphatic rings. The third-order valence-electron chi connectivity index (χ3n) is 7.45. The van der Waals surface area contributed by atoms with E-state index >= 15 is 0 Å². The molecule has 4 rings (SSSR count). The van der Waals surface area contributed by atoms with Gasteiger partial charge in [0.2, 0.25) is 21.9 Å². The van der Waals surface area contributed by atoms with Crippen molar-refractivity contribution in [1.82, 2.24) is 29.6 Å². The molecule has 2 heterocycles. The number of nitrogens with one attached hydrogen (secondary N) is 2. The van der Waals surface area contributed by atoms with Gasteiger partial charge in [-0.3, -0.25) is 10.2 Å². The zero-order chi connectivity index (χ0) is 30.7. The fourth-order valence-corrected chi connectivity index (χ4v) is 5.65. The van der Waals surface area contributed by atoms with Crippen molar-refractivity contribution in [1.29, 1.82) is 0 Å². The first-order valence-corrected chi connectivity index (χ1v) is 15.3. The number of anilines is 2. The minimum Gasteiger partial charge on any atom is -0.495 e. The van der Waals surface area contributed by atoms with Crippen LogP contribution >= 0.6 is 0 Å². The summed E-state index contributed by atoms with van der Waals surface area (Å²) in [6, 6.07) is 3.94. The van der Waals surface area contributed by atoms with Crippen molar-refractivity contribution in [3.8, 4) is 11.6 Å². The summed E-state index contributed by atoms with van der Waals surface area (Å²) in [5, 5.41) is 4.68. The second-order valence-corrected chi connectivity index (χ2v) is 12.5. The summed E-state index contributed by atoms with van der Waals surface area (Å²) in [7, 11) is 1.19. The maximum absolute atomic E-state index is 13.9. The van der Waals surface area contributed by atoms with Crippen LogP contribution in [0.3, 0.4) is 0 Å². The number of ether oxygens (including phenoxy) is 2. The van der Waals surface area contributed by atoms with Crippen LogP contribution in [0.1, 0.15) is 41.6 Å². The van der Waals surface area contributed by atoms with Gasteiger partial charge in [-0.05, 0) is 44.5 Å². The summed E-state index contributed by atoms with van der Waals surface area (Å²) in [5.41, 5.74) is 2.33. The normalized spacial score (nSPS) is 20.8. The molecule has 42 heavy (non-hydrogen) atoms. The monoisotopic (exact) mass is 615 g/mol. The number of alkyl halides is 3. The first-order chi connectivity index (χ1) is 19.8. The van der Waals surface area contributed by atoms with E-state index in [9.17, 15) is 26.4 Å². The predicted octanol–water partition coefficient (Wildman–Crippen LogP) is 2.72. The molecule has 1 amide bonds. The molecule has 1 aromatic heterocycles. The van der Waals surface area contributed by atoms with E-state index in [2.05, 4.69) is 25.6 Å². The van der Waals surface area contributed by atoms with Crippen LogP contribution in [0.15, 0.2) is 24.4 Å². The van der Waals surface area contributed by atoms with Gasteiger partial charge in [0.1, 0.15) is 17.4 Å². The molecule has 1 aliphatic heterocycles. The second-order valence-electron chi connectivity index (χ2n) is 10.5. The van der Waals surface area contributed by atoms with E-state index in [0.29, 0.717) is 49.8 Å². The molecule has 0 unspecified atom stereocenters. The van der Waals surface area contributed by atoms with Gasteiger partial charge >= 0.3 is 6.18 Å². The van der Waals surface area contributed by atoms with Crippen LogP contribution in [0, 0.1) is 0 Å². The zero-order valence-corrected chi connectivity index (χ0v) is 24.8. The molecule has 1 saturated heterocycles. The maximum Gasteiger partial charge on any atom is 0.423 e. The Labute approximate surface area is 243 Å². The van der Waals surface area contributed by atoms with Crippen molar-refractivity contribution < 1.29 is 35.9 Å². The maximum atomic E-state index is 13.9. The Kier molecular flexibility index (Phi) is 9.80.